The first kappa shape index (κ1) is 11.7. The fourth-order valence-corrected chi connectivity index (χ4v) is 1.43. The molecule has 0 aliphatic rings. The summed E-state index contributed by atoms with van der Waals surface area (Å²) in [7, 11) is 0. The first-order valence-corrected chi connectivity index (χ1v) is 4.74. The highest BCUT2D eigenvalue weighted by Crippen LogP contribution is 2.31. The van der Waals surface area contributed by atoms with E-state index in [0.717, 1.165) is 0 Å². The van der Waals surface area contributed by atoms with Crippen LogP contribution in [0, 0.1) is 0 Å². The summed E-state index contributed by atoms with van der Waals surface area (Å²) in [5.41, 5.74) is 16.2. The van der Waals surface area contributed by atoms with E-state index in [1.807, 2.05) is 0 Å². The van der Waals surface area contributed by atoms with Crippen LogP contribution in [0.2, 0.25) is 5.02 Å². The van der Waals surface area contributed by atoms with Crippen LogP contribution in [0.15, 0.2) is 33.1 Å². The van der Waals surface area contributed by atoms with Crippen molar-refractivity contribution in [1.29, 1.82) is 0 Å². The van der Waals surface area contributed by atoms with Crippen molar-refractivity contribution in [2.75, 3.05) is 0 Å². The SMILES string of the molecule is NC(N)=NC(N)=Nc1c(S)cccc1Cl. The molecule has 7 heteroatoms. The van der Waals surface area contributed by atoms with E-state index in [1.54, 1.807) is 18.2 Å². The summed E-state index contributed by atoms with van der Waals surface area (Å²) in [5.74, 6) is -0.234. The average Bonchev–Trinajstić information content (AvgIpc) is 2.10. The number of rotatable bonds is 1. The van der Waals surface area contributed by atoms with Crippen molar-refractivity contribution >= 4 is 41.8 Å². The Morgan fingerprint density at radius 2 is 1.93 bits per heavy atom. The van der Waals surface area contributed by atoms with E-state index < -0.39 is 0 Å². The van der Waals surface area contributed by atoms with Crippen molar-refractivity contribution in [3.05, 3.63) is 23.2 Å². The number of hydrogen-bond donors (Lipinski definition) is 4. The Labute approximate surface area is 97.4 Å². The Kier molecular flexibility index (Phi) is 3.81. The highest BCUT2D eigenvalue weighted by Gasteiger charge is 2.03. The van der Waals surface area contributed by atoms with Crippen molar-refractivity contribution < 1.29 is 0 Å². The third kappa shape index (κ3) is 3.34. The van der Waals surface area contributed by atoms with E-state index in [4.69, 9.17) is 28.8 Å². The van der Waals surface area contributed by atoms with Gasteiger partial charge in [-0.3, -0.25) is 0 Å². The maximum atomic E-state index is 5.89. The summed E-state index contributed by atoms with van der Waals surface area (Å²) in [6.07, 6.45) is 0. The molecule has 5 nitrogen and oxygen atoms in total. The summed E-state index contributed by atoms with van der Waals surface area (Å²) < 4.78 is 0. The minimum absolute atomic E-state index is 0.0709. The van der Waals surface area contributed by atoms with Gasteiger partial charge in [-0.25, -0.2) is 4.99 Å². The molecule has 0 saturated heterocycles. The summed E-state index contributed by atoms with van der Waals surface area (Å²) in [6.45, 7) is 0. The lowest BCUT2D eigenvalue weighted by atomic mass is 10.3. The summed E-state index contributed by atoms with van der Waals surface area (Å²) >= 11 is 10.1. The summed E-state index contributed by atoms with van der Waals surface area (Å²) in [6, 6.07) is 5.15. The maximum Gasteiger partial charge on any atom is 0.223 e. The number of aliphatic imine (C=N–C) groups is 2. The minimum Gasteiger partial charge on any atom is -0.370 e. The van der Waals surface area contributed by atoms with Gasteiger partial charge < -0.3 is 17.2 Å². The zero-order valence-corrected chi connectivity index (χ0v) is 9.33. The average molecular weight is 244 g/mol. The molecule has 0 bridgehead atoms. The lowest BCUT2D eigenvalue weighted by Crippen LogP contribution is -2.26. The van der Waals surface area contributed by atoms with Crippen LogP contribution >= 0.6 is 24.2 Å². The fourth-order valence-electron chi connectivity index (χ4n) is 0.886. The van der Waals surface area contributed by atoms with Gasteiger partial charge in [0, 0.05) is 4.90 Å². The van der Waals surface area contributed by atoms with Gasteiger partial charge in [-0.15, -0.1) is 12.6 Å². The highest BCUT2D eigenvalue weighted by atomic mass is 35.5. The molecule has 0 heterocycles. The van der Waals surface area contributed by atoms with Gasteiger partial charge in [0.05, 0.1) is 10.7 Å². The normalized spacial score (nSPS) is 11.2. The summed E-state index contributed by atoms with van der Waals surface area (Å²) in [4.78, 5) is 8.09. The molecule has 80 valence electrons. The molecule has 1 aromatic carbocycles. The molecule has 0 aliphatic carbocycles. The number of benzene rings is 1. The molecule has 6 N–H and O–H groups in total. The second-order valence-electron chi connectivity index (χ2n) is 2.61. The van der Waals surface area contributed by atoms with Crippen LogP contribution in [0.1, 0.15) is 0 Å². The molecule has 0 fully saturated rings. The van der Waals surface area contributed by atoms with Crippen LogP contribution in [-0.4, -0.2) is 11.9 Å². The Hall–Kier alpha value is -1.40. The van der Waals surface area contributed by atoms with Crippen molar-refractivity contribution in [2.45, 2.75) is 4.90 Å². The Morgan fingerprint density at radius 3 is 2.47 bits per heavy atom. The predicted molar refractivity (Wildman–Crippen MR) is 65.8 cm³/mol. The predicted octanol–water partition coefficient (Wildman–Crippen LogP) is 0.848. The second-order valence-corrected chi connectivity index (χ2v) is 3.50. The molecule has 0 amide bonds. The van der Waals surface area contributed by atoms with Crippen molar-refractivity contribution in [1.82, 2.24) is 0 Å². The van der Waals surface area contributed by atoms with Gasteiger partial charge in [0.2, 0.25) is 5.96 Å². The smallest absolute Gasteiger partial charge is 0.223 e. The third-order valence-electron chi connectivity index (χ3n) is 1.44. The molecular formula is C8H10ClN5S. The minimum atomic E-state index is -0.163. The van der Waals surface area contributed by atoms with Gasteiger partial charge in [0.1, 0.15) is 0 Å². The second kappa shape index (κ2) is 4.90. The lowest BCUT2D eigenvalue weighted by Gasteiger charge is -2.01. The zero-order chi connectivity index (χ0) is 11.4. The zero-order valence-electron chi connectivity index (χ0n) is 7.68. The van der Waals surface area contributed by atoms with E-state index in [-0.39, 0.29) is 11.9 Å². The van der Waals surface area contributed by atoms with Gasteiger partial charge in [-0.1, -0.05) is 17.7 Å². The molecule has 1 aromatic rings. The third-order valence-corrected chi connectivity index (χ3v) is 2.10. The molecule has 0 unspecified atom stereocenters. The highest BCUT2D eigenvalue weighted by molar-refractivity contribution is 7.80. The van der Waals surface area contributed by atoms with E-state index in [1.165, 1.54) is 0 Å². The number of halogens is 1. The van der Waals surface area contributed by atoms with Crippen LogP contribution in [0.4, 0.5) is 5.69 Å². The molecule has 0 atom stereocenters. The number of guanidine groups is 2. The number of nitrogens with zero attached hydrogens (tertiary/aromatic N) is 2. The largest absolute Gasteiger partial charge is 0.370 e. The molecule has 15 heavy (non-hydrogen) atoms. The van der Waals surface area contributed by atoms with Crippen molar-refractivity contribution in [2.24, 2.45) is 27.2 Å². The molecule has 0 spiro atoms. The van der Waals surface area contributed by atoms with Gasteiger partial charge >= 0.3 is 0 Å². The number of hydrogen-bond acceptors (Lipinski definition) is 2. The number of para-hydroxylation sites is 1. The summed E-state index contributed by atoms with van der Waals surface area (Å²) in [5, 5.41) is 0.427. The standard InChI is InChI=1S/C8H10ClN5S/c9-4-2-1-3-5(15)6(4)13-8(12)14-7(10)11/h1-3,15H,(H6,10,11,12,13,14). The monoisotopic (exact) mass is 243 g/mol. The quantitative estimate of drug-likeness (QED) is 0.334. The molecular weight excluding hydrogens is 234 g/mol. The van der Waals surface area contributed by atoms with E-state index in [0.29, 0.717) is 15.6 Å². The maximum absolute atomic E-state index is 5.89. The lowest BCUT2D eigenvalue weighted by molar-refractivity contribution is 1.33. The van der Waals surface area contributed by atoms with Gasteiger partial charge in [0.25, 0.3) is 0 Å². The number of nitrogens with two attached hydrogens (primary N) is 3. The topological polar surface area (TPSA) is 103 Å². The van der Waals surface area contributed by atoms with Gasteiger partial charge in [-0.2, -0.15) is 4.99 Å². The molecule has 0 radical (unpaired) electrons. The van der Waals surface area contributed by atoms with Crippen LogP contribution in [0.3, 0.4) is 0 Å². The van der Waals surface area contributed by atoms with E-state index in [2.05, 4.69) is 22.6 Å². The number of thiol groups is 1. The van der Waals surface area contributed by atoms with Crippen LogP contribution < -0.4 is 17.2 Å². The van der Waals surface area contributed by atoms with Crippen LogP contribution in [-0.2, 0) is 0 Å². The molecule has 0 saturated carbocycles. The first-order valence-electron chi connectivity index (χ1n) is 3.92. The van der Waals surface area contributed by atoms with Crippen LogP contribution in [0.25, 0.3) is 0 Å². The Bertz CT molecular complexity index is 405. The van der Waals surface area contributed by atoms with Crippen molar-refractivity contribution in [3.8, 4) is 0 Å². The van der Waals surface area contributed by atoms with Gasteiger partial charge in [-0.05, 0) is 12.1 Å². The van der Waals surface area contributed by atoms with E-state index >= 15 is 0 Å². The van der Waals surface area contributed by atoms with Gasteiger partial charge in [0.15, 0.2) is 5.96 Å². The fraction of sp³-hybridized carbons (Fsp3) is 0. The van der Waals surface area contributed by atoms with Crippen LogP contribution in [0.5, 0.6) is 0 Å². The Morgan fingerprint density at radius 1 is 1.27 bits per heavy atom. The first-order chi connectivity index (χ1) is 7.00. The molecule has 0 aliphatic heterocycles. The molecule has 0 aromatic heterocycles. The Balaban J connectivity index is 3.13. The van der Waals surface area contributed by atoms with Crippen molar-refractivity contribution in [3.63, 3.8) is 0 Å². The molecule has 1 rings (SSSR count). The van der Waals surface area contributed by atoms with E-state index in [9.17, 15) is 0 Å².